The minimum atomic E-state index is -0.384. The Morgan fingerprint density at radius 1 is 0.933 bits per heavy atom. The van der Waals surface area contributed by atoms with E-state index >= 15 is 0 Å². The number of unbranched alkanes of at least 4 members (excludes halogenated alkanes) is 4. The number of nitrogens with zero attached hydrogens (tertiary/aromatic N) is 1. The van der Waals surface area contributed by atoms with E-state index in [1.807, 2.05) is 12.1 Å². The molecule has 0 bridgehead atoms. The summed E-state index contributed by atoms with van der Waals surface area (Å²) in [6.45, 7) is 3.22. The van der Waals surface area contributed by atoms with Crippen molar-refractivity contribution in [3.8, 4) is 6.07 Å². The van der Waals surface area contributed by atoms with Crippen molar-refractivity contribution in [2.75, 3.05) is 6.61 Å². The molecule has 2 nitrogen and oxygen atoms in total. The number of halogens is 1. The van der Waals surface area contributed by atoms with Crippen LogP contribution in [0.2, 0.25) is 0 Å². The summed E-state index contributed by atoms with van der Waals surface area (Å²) in [4.78, 5) is 0. The third kappa shape index (κ3) is 7.09. The number of hydrogen-bond acceptors (Lipinski definition) is 2. The van der Waals surface area contributed by atoms with Crippen molar-refractivity contribution >= 4 is 0 Å². The van der Waals surface area contributed by atoms with Gasteiger partial charge in [-0.05, 0) is 74.0 Å². The monoisotopic (exact) mass is 413 g/mol. The van der Waals surface area contributed by atoms with Crippen LogP contribution in [0, 0.1) is 29.0 Å². The lowest BCUT2D eigenvalue weighted by molar-refractivity contribution is -0.00485. The van der Waals surface area contributed by atoms with Gasteiger partial charge in [0.15, 0.2) is 0 Å². The second kappa shape index (κ2) is 12.5. The molecule has 3 heteroatoms. The van der Waals surface area contributed by atoms with Gasteiger partial charge in [0.05, 0.1) is 11.7 Å². The van der Waals surface area contributed by atoms with Crippen molar-refractivity contribution in [2.45, 2.75) is 109 Å². The lowest BCUT2D eigenvalue weighted by Crippen LogP contribution is -2.25. The van der Waals surface area contributed by atoms with Crippen LogP contribution in [0.3, 0.4) is 0 Å². The molecular formula is C27H40FNO. The zero-order valence-electron chi connectivity index (χ0n) is 18.9. The van der Waals surface area contributed by atoms with Crippen LogP contribution in [0.5, 0.6) is 0 Å². The van der Waals surface area contributed by atoms with Gasteiger partial charge in [-0.25, -0.2) is 4.39 Å². The van der Waals surface area contributed by atoms with Crippen molar-refractivity contribution < 1.29 is 9.13 Å². The molecule has 0 atom stereocenters. The minimum Gasteiger partial charge on any atom is -0.378 e. The fourth-order valence-corrected chi connectivity index (χ4v) is 5.43. The largest absolute Gasteiger partial charge is 0.378 e. The fourth-order valence-electron chi connectivity index (χ4n) is 5.43. The highest BCUT2D eigenvalue weighted by Gasteiger charge is 2.26. The normalized spacial score (nSPS) is 27.0. The standard InChI is InChI=1S/C27H40FNO/c1-2-3-4-5-6-7-21-8-10-22(11-9-21)20-30-26-16-14-23(15-17-26)24-12-13-25(19-29)27(28)18-24/h12-13,18,21-23,26H,2-11,14-17,20H2,1H3. The SMILES string of the molecule is CCCCCCCC1CCC(COC2CCC(c3ccc(C#N)c(F)c3)CC2)CC1. The van der Waals surface area contributed by atoms with Gasteiger partial charge in [-0.15, -0.1) is 0 Å². The predicted molar refractivity (Wildman–Crippen MR) is 121 cm³/mol. The molecule has 0 aromatic heterocycles. The van der Waals surface area contributed by atoms with Gasteiger partial charge in [0.2, 0.25) is 0 Å². The van der Waals surface area contributed by atoms with E-state index < -0.39 is 0 Å². The maximum atomic E-state index is 13.9. The van der Waals surface area contributed by atoms with Gasteiger partial charge in [-0.1, -0.05) is 64.4 Å². The maximum Gasteiger partial charge on any atom is 0.141 e. The molecule has 2 aliphatic rings. The van der Waals surface area contributed by atoms with Gasteiger partial charge in [0.1, 0.15) is 11.9 Å². The Hall–Kier alpha value is -1.40. The molecule has 166 valence electrons. The van der Waals surface area contributed by atoms with Crippen LogP contribution < -0.4 is 0 Å². The van der Waals surface area contributed by atoms with Gasteiger partial charge in [-0.3, -0.25) is 0 Å². The highest BCUT2D eigenvalue weighted by Crippen LogP contribution is 2.36. The average molecular weight is 414 g/mol. The van der Waals surface area contributed by atoms with Crippen LogP contribution in [0.4, 0.5) is 4.39 Å². The lowest BCUT2D eigenvalue weighted by Gasteiger charge is -2.32. The quantitative estimate of drug-likeness (QED) is 0.365. The Balaban J connectivity index is 1.29. The molecule has 3 rings (SSSR count). The van der Waals surface area contributed by atoms with E-state index in [1.54, 1.807) is 12.1 Å². The number of hydrogen-bond donors (Lipinski definition) is 0. The average Bonchev–Trinajstić information content (AvgIpc) is 2.78. The highest BCUT2D eigenvalue weighted by molar-refractivity contribution is 5.34. The summed E-state index contributed by atoms with van der Waals surface area (Å²) < 4.78 is 20.2. The van der Waals surface area contributed by atoms with Gasteiger partial charge in [0.25, 0.3) is 0 Å². The van der Waals surface area contributed by atoms with E-state index in [9.17, 15) is 4.39 Å². The topological polar surface area (TPSA) is 33.0 Å². The van der Waals surface area contributed by atoms with Crippen molar-refractivity contribution in [3.63, 3.8) is 0 Å². The van der Waals surface area contributed by atoms with Crippen LogP contribution in [0.1, 0.15) is 114 Å². The third-order valence-electron chi connectivity index (χ3n) is 7.51. The van der Waals surface area contributed by atoms with E-state index in [2.05, 4.69) is 6.92 Å². The molecule has 0 N–H and O–H groups in total. The summed E-state index contributed by atoms with van der Waals surface area (Å²) in [5.74, 6) is 1.74. The third-order valence-corrected chi connectivity index (χ3v) is 7.51. The van der Waals surface area contributed by atoms with E-state index in [-0.39, 0.29) is 11.4 Å². The molecule has 0 radical (unpaired) electrons. The summed E-state index contributed by atoms with van der Waals surface area (Å²) in [6, 6.07) is 7.01. The molecule has 30 heavy (non-hydrogen) atoms. The molecule has 0 amide bonds. The first-order chi connectivity index (χ1) is 14.7. The number of rotatable bonds is 10. The van der Waals surface area contributed by atoms with E-state index in [0.29, 0.717) is 12.0 Å². The Morgan fingerprint density at radius 3 is 2.30 bits per heavy atom. The van der Waals surface area contributed by atoms with Gasteiger partial charge in [0, 0.05) is 6.61 Å². The van der Waals surface area contributed by atoms with Crippen LogP contribution in [0.15, 0.2) is 18.2 Å². The first-order valence-electron chi connectivity index (χ1n) is 12.5. The molecule has 0 unspecified atom stereocenters. The lowest BCUT2D eigenvalue weighted by atomic mass is 9.80. The smallest absolute Gasteiger partial charge is 0.141 e. The first-order valence-corrected chi connectivity index (χ1v) is 12.5. The van der Waals surface area contributed by atoms with Gasteiger partial charge in [-0.2, -0.15) is 5.26 Å². The molecule has 2 fully saturated rings. The molecule has 1 aromatic carbocycles. The summed E-state index contributed by atoms with van der Waals surface area (Å²) in [5, 5.41) is 8.90. The Labute approximate surface area is 183 Å². The van der Waals surface area contributed by atoms with Crippen LogP contribution in [-0.2, 0) is 4.74 Å². The van der Waals surface area contributed by atoms with E-state index in [0.717, 1.165) is 49.7 Å². The van der Waals surface area contributed by atoms with Crippen molar-refractivity contribution in [1.29, 1.82) is 5.26 Å². The van der Waals surface area contributed by atoms with Crippen LogP contribution in [-0.4, -0.2) is 12.7 Å². The second-order valence-corrected chi connectivity index (χ2v) is 9.75. The van der Waals surface area contributed by atoms with E-state index in [1.165, 1.54) is 64.2 Å². The molecule has 2 saturated carbocycles. The Morgan fingerprint density at radius 2 is 1.63 bits per heavy atom. The summed E-state index contributed by atoms with van der Waals surface area (Å²) in [6.07, 6.45) is 18.6. The second-order valence-electron chi connectivity index (χ2n) is 9.75. The Kier molecular flexibility index (Phi) is 9.66. The molecule has 0 aliphatic heterocycles. The predicted octanol–water partition coefficient (Wildman–Crippen LogP) is 7.91. The molecule has 0 heterocycles. The first kappa shape index (κ1) is 23.3. The molecular weight excluding hydrogens is 373 g/mol. The van der Waals surface area contributed by atoms with Crippen LogP contribution >= 0.6 is 0 Å². The number of nitriles is 1. The summed E-state index contributed by atoms with van der Waals surface area (Å²) >= 11 is 0. The molecule has 0 spiro atoms. The molecule has 2 aliphatic carbocycles. The van der Waals surface area contributed by atoms with Crippen molar-refractivity contribution in [2.24, 2.45) is 11.8 Å². The zero-order chi connectivity index (χ0) is 21.2. The van der Waals surface area contributed by atoms with Gasteiger partial charge >= 0.3 is 0 Å². The van der Waals surface area contributed by atoms with Crippen molar-refractivity contribution in [1.82, 2.24) is 0 Å². The fraction of sp³-hybridized carbons (Fsp3) is 0.741. The van der Waals surface area contributed by atoms with Crippen molar-refractivity contribution in [3.05, 3.63) is 35.1 Å². The zero-order valence-corrected chi connectivity index (χ0v) is 18.9. The number of benzene rings is 1. The molecule has 1 aromatic rings. The Bertz CT molecular complexity index is 666. The highest BCUT2D eigenvalue weighted by atomic mass is 19.1. The molecule has 0 saturated heterocycles. The van der Waals surface area contributed by atoms with Crippen LogP contribution in [0.25, 0.3) is 0 Å². The number of ether oxygens (including phenoxy) is 1. The summed E-state index contributed by atoms with van der Waals surface area (Å²) in [5.41, 5.74) is 1.18. The maximum absolute atomic E-state index is 13.9. The van der Waals surface area contributed by atoms with E-state index in [4.69, 9.17) is 10.00 Å². The van der Waals surface area contributed by atoms with Gasteiger partial charge < -0.3 is 4.74 Å². The minimum absolute atomic E-state index is 0.141. The summed E-state index contributed by atoms with van der Waals surface area (Å²) in [7, 11) is 0.